The molecule has 1 aromatic rings. The monoisotopic (exact) mass is 283 g/mol. The van der Waals surface area contributed by atoms with Crippen LogP contribution in [0.1, 0.15) is 29.6 Å². The maximum absolute atomic E-state index is 12.3. The van der Waals surface area contributed by atoms with E-state index in [0.29, 0.717) is 17.1 Å². The third-order valence-corrected chi connectivity index (χ3v) is 3.92. The molecule has 104 valence electrons. The Morgan fingerprint density at radius 1 is 1.32 bits per heavy atom. The predicted molar refractivity (Wildman–Crippen MR) is 74.3 cm³/mol. The first kappa shape index (κ1) is 14.0. The molecule has 0 aliphatic heterocycles. The number of hydrogen-bond donors (Lipinski definition) is 1. The molecular weight excluding hydrogens is 266 g/mol. The number of halogens is 1. The first-order valence-electron chi connectivity index (χ1n) is 6.32. The molecule has 19 heavy (non-hydrogen) atoms. The number of nitrogens with one attached hydrogen (secondary N) is 1. The normalized spacial score (nSPS) is 22.1. The molecule has 0 bridgehead atoms. The summed E-state index contributed by atoms with van der Waals surface area (Å²) in [6.07, 6.45) is 2.92. The predicted octanol–water partition coefficient (Wildman–Crippen LogP) is 2.59. The summed E-state index contributed by atoms with van der Waals surface area (Å²) >= 11 is 6.17. The van der Waals surface area contributed by atoms with Crippen molar-refractivity contribution in [3.8, 4) is 11.5 Å². The summed E-state index contributed by atoms with van der Waals surface area (Å²) in [6, 6.07) is 5.19. The van der Waals surface area contributed by atoms with Crippen molar-refractivity contribution in [3.05, 3.63) is 23.8 Å². The maximum Gasteiger partial charge on any atom is 0.255 e. The van der Waals surface area contributed by atoms with Gasteiger partial charge in [-0.1, -0.05) is 0 Å². The minimum Gasteiger partial charge on any atom is -0.497 e. The second kappa shape index (κ2) is 6.15. The standard InChI is InChI=1S/C14H18ClNO3/c1-18-9-6-7-13(19-2)10(8-9)14(17)16-12-5-3-4-11(12)15/h6-8,11-12H,3-5H2,1-2H3,(H,16,17). The summed E-state index contributed by atoms with van der Waals surface area (Å²) in [5.74, 6) is 0.982. The third-order valence-electron chi connectivity index (χ3n) is 3.40. The minimum absolute atomic E-state index is 0.0144. The molecule has 0 spiro atoms. The van der Waals surface area contributed by atoms with Crippen LogP contribution < -0.4 is 14.8 Å². The molecule has 1 aromatic carbocycles. The van der Waals surface area contributed by atoms with Crippen LogP contribution in [0.2, 0.25) is 0 Å². The highest BCUT2D eigenvalue weighted by atomic mass is 35.5. The first-order chi connectivity index (χ1) is 9.15. The van der Waals surface area contributed by atoms with Crippen molar-refractivity contribution in [2.45, 2.75) is 30.7 Å². The highest BCUT2D eigenvalue weighted by Gasteiger charge is 2.27. The summed E-state index contributed by atoms with van der Waals surface area (Å²) in [6.45, 7) is 0. The molecule has 0 saturated heterocycles. The molecule has 1 amide bonds. The van der Waals surface area contributed by atoms with Gasteiger partial charge in [-0.05, 0) is 37.5 Å². The minimum atomic E-state index is -0.173. The smallest absolute Gasteiger partial charge is 0.255 e. The Morgan fingerprint density at radius 2 is 2.11 bits per heavy atom. The summed E-state index contributed by atoms with van der Waals surface area (Å²) < 4.78 is 10.3. The van der Waals surface area contributed by atoms with E-state index in [9.17, 15) is 4.79 Å². The molecule has 1 aliphatic carbocycles. The highest BCUT2D eigenvalue weighted by Crippen LogP contribution is 2.27. The second-order valence-corrected chi connectivity index (χ2v) is 5.15. The van der Waals surface area contributed by atoms with E-state index in [2.05, 4.69) is 5.32 Å². The van der Waals surface area contributed by atoms with E-state index in [-0.39, 0.29) is 17.3 Å². The Labute approximate surface area is 118 Å². The molecular formula is C14H18ClNO3. The number of amides is 1. The molecule has 4 nitrogen and oxygen atoms in total. The lowest BCUT2D eigenvalue weighted by molar-refractivity contribution is 0.0935. The Balaban J connectivity index is 2.17. The molecule has 1 aliphatic rings. The first-order valence-corrected chi connectivity index (χ1v) is 6.76. The topological polar surface area (TPSA) is 47.6 Å². The van der Waals surface area contributed by atoms with E-state index in [0.717, 1.165) is 19.3 Å². The van der Waals surface area contributed by atoms with Gasteiger partial charge in [0.15, 0.2) is 0 Å². The molecule has 0 radical (unpaired) electrons. The Hall–Kier alpha value is -1.42. The molecule has 2 atom stereocenters. The van der Waals surface area contributed by atoms with E-state index in [1.807, 2.05) is 0 Å². The summed E-state index contributed by atoms with van der Waals surface area (Å²) in [5, 5.41) is 2.98. The van der Waals surface area contributed by atoms with Gasteiger partial charge in [0.1, 0.15) is 11.5 Å². The zero-order valence-corrected chi connectivity index (χ0v) is 11.9. The molecule has 2 rings (SSSR count). The van der Waals surface area contributed by atoms with Crippen LogP contribution in [0.15, 0.2) is 18.2 Å². The van der Waals surface area contributed by atoms with Gasteiger partial charge in [-0.15, -0.1) is 11.6 Å². The molecule has 2 unspecified atom stereocenters. The molecule has 0 aromatic heterocycles. The molecule has 1 N–H and O–H groups in total. The summed E-state index contributed by atoms with van der Waals surface area (Å²) in [4.78, 5) is 12.3. The van der Waals surface area contributed by atoms with Crippen LogP contribution in [0.25, 0.3) is 0 Å². The molecule has 1 fully saturated rings. The van der Waals surface area contributed by atoms with Gasteiger partial charge in [0.2, 0.25) is 0 Å². The molecule has 5 heteroatoms. The molecule has 1 saturated carbocycles. The number of alkyl halides is 1. The van der Waals surface area contributed by atoms with Gasteiger partial charge in [-0.25, -0.2) is 0 Å². The van der Waals surface area contributed by atoms with Crippen LogP contribution in [0.3, 0.4) is 0 Å². The zero-order valence-electron chi connectivity index (χ0n) is 11.1. The number of carbonyl (C=O) groups is 1. The Morgan fingerprint density at radius 3 is 2.68 bits per heavy atom. The summed E-state index contributed by atoms with van der Waals surface area (Å²) in [5.41, 5.74) is 0.470. The maximum atomic E-state index is 12.3. The van der Waals surface area contributed by atoms with Gasteiger partial charge in [-0.3, -0.25) is 4.79 Å². The fourth-order valence-electron chi connectivity index (χ4n) is 2.32. The fourth-order valence-corrected chi connectivity index (χ4v) is 2.66. The number of rotatable bonds is 4. The van der Waals surface area contributed by atoms with Crippen molar-refractivity contribution >= 4 is 17.5 Å². The zero-order chi connectivity index (χ0) is 13.8. The van der Waals surface area contributed by atoms with Gasteiger partial charge in [-0.2, -0.15) is 0 Å². The average Bonchev–Trinajstić information content (AvgIpc) is 2.83. The van der Waals surface area contributed by atoms with E-state index < -0.39 is 0 Å². The number of ether oxygens (including phenoxy) is 2. The summed E-state index contributed by atoms with van der Waals surface area (Å²) in [7, 11) is 3.10. The van der Waals surface area contributed by atoms with Crippen molar-refractivity contribution in [2.24, 2.45) is 0 Å². The fraction of sp³-hybridized carbons (Fsp3) is 0.500. The van der Waals surface area contributed by atoms with Gasteiger partial charge < -0.3 is 14.8 Å². The number of carbonyl (C=O) groups excluding carboxylic acids is 1. The van der Waals surface area contributed by atoms with Crippen molar-refractivity contribution in [2.75, 3.05) is 14.2 Å². The van der Waals surface area contributed by atoms with E-state index in [1.165, 1.54) is 0 Å². The Bertz CT molecular complexity index is 464. The van der Waals surface area contributed by atoms with Crippen LogP contribution in [-0.2, 0) is 0 Å². The van der Waals surface area contributed by atoms with E-state index in [1.54, 1.807) is 32.4 Å². The van der Waals surface area contributed by atoms with Crippen LogP contribution in [0.5, 0.6) is 11.5 Å². The lowest BCUT2D eigenvalue weighted by Gasteiger charge is -2.17. The Kier molecular flexibility index (Phi) is 4.53. The van der Waals surface area contributed by atoms with Crippen molar-refractivity contribution in [3.63, 3.8) is 0 Å². The van der Waals surface area contributed by atoms with Crippen LogP contribution >= 0.6 is 11.6 Å². The van der Waals surface area contributed by atoms with E-state index >= 15 is 0 Å². The van der Waals surface area contributed by atoms with Gasteiger partial charge >= 0.3 is 0 Å². The lowest BCUT2D eigenvalue weighted by Crippen LogP contribution is -2.38. The third kappa shape index (κ3) is 3.13. The lowest BCUT2D eigenvalue weighted by atomic mass is 10.1. The van der Waals surface area contributed by atoms with Gasteiger partial charge in [0.25, 0.3) is 5.91 Å². The van der Waals surface area contributed by atoms with Crippen molar-refractivity contribution < 1.29 is 14.3 Å². The number of hydrogen-bond acceptors (Lipinski definition) is 3. The van der Waals surface area contributed by atoms with Crippen LogP contribution in [0, 0.1) is 0 Å². The van der Waals surface area contributed by atoms with Crippen molar-refractivity contribution in [1.82, 2.24) is 5.32 Å². The molecule has 0 heterocycles. The number of methoxy groups -OCH3 is 2. The SMILES string of the molecule is COc1ccc(OC)c(C(=O)NC2CCCC2Cl)c1. The average molecular weight is 284 g/mol. The second-order valence-electron chi connectivity index (χ2n) is 4.59. The quantitative estimate of drug-likeness (QED) is 0.864. The van der Waals surface area contributed by atoms with Crippen LogP contribution in [0.4, 0.5) is 0 Å². The van der Waals surface area contributed by atoms with E-state index in [4.69, 9.17) is 21.1 Å². The van der Waals surface area contributed by atoms with Crippen LogP contribution in [-0.4, -0.2) is 31.5 Å². The van der Waals surface area contributed by atoms with Gasteiger partial charge in [0, 0.05) is 6.04 Å². The van der Waals surface area contributed by atoms with Gasteiger partial charge in [0.05, 0.1) is 25.2 Å². The largest absolute Gasteiger partial charge is 0.497 e. The number of benzene rings is 1. The highest BCUT2D eigenvalue weighted by molar-refractivity contribution is 6.21. The van der Waals surface area contributed by atoms with Crippen molar-refractivity contribution in [1.29, 1.82) is 0 Å².